The van der Waals surface area contributed by atoms with Crippen molar-refractivity contribution in [1.82, 2.24) is 49.0 Å². The van der Waals surface area contributed by atoms with E-state index in [9.17, 15) is 80.3 Å². The summed E-state index contributed by atoms with van der Waals surface area (Å²) in [6.07, 6.45) is 5.04. The first kappa shape index (κ1) is 99.9. The fraction of sp³-hybridized carbons (Fsp3) is 0.446. The largest absolute Gasteiger partial charge is 0.489 e. The number of benzene rings is 8. The fourth-order valence-electron chi connectivity index (χ4n) is 21.3. The van der Waals surface area contributed by atoms with E-state index in [-0.39, 0.29) is 114 Å². The monoisotopic (exact) mass is 1950 g/mol. The van der Waals surface area contributed by atoms with Crippen molar-refractivity contribution in [3.63, 3.8) is 0 Å². The van der Waals surface area contributed by atoms with E-state index < -0.39 is 36.3 Å². The first-order valence-corrected chi connectivity index (χ1v) is 50.3. The summed E-state index contributed by atoms with van der Waals surface area (Å²) in [5.74, 6) is -0.837. The van der Waals surface area contributed by atoms with Gasteiger partial charge in [-0.05, 0) is 144 Å². The molecule has 21 rings (SSSR count). The lowest BCUT2D eigenvalue weighted by Gasteiger charge is -2.35. The Hall–Kier alpha value is -13.2. The minimum atomic E-state index is -2.54. The molecule has 6 amide bonds. The third-order valence-electron chi connectivity index (χ3n) is 29.9. The summed E-state index contributed by atoms with van der Waals surface area (Å²) in [5.41, 5.74) is 14.1. The van der Waals surface area contributed by atoms with Crippen molar-refractivity contribution < 1.29 is 99.2 Å². The van der Waals surface area contributed by atoms with Crippen LogP contribution in [-0.2, 0) is 127 Å². The van der Waals surface area contributed by atoms with Gasteiger partial charge in [0, 0.05) is 201 Å². The van der Waals surface area contributed by atoms with Crippen molar-refractivity contribution in [3.8, 4) is 23.0 Å². The maximum Gasteiger partial charge on any atom is 0.255 e. The quantitative estimate of drug-likeness (QED) is 0.0480. The molecule has 143 heavy (non-hydrogen) atoms. The molecule has 9 fully saturated rings. The standard InChI is InChI=1S/C30H33N3O5.C28H31N3O5.C27H28F2N2O4.C27H29FN2O4/c34-23-10-11-26(27(35)16-23)33-18-25-24(30(33)37)2-1-3-28(25)38-19-21-6-4-20(5-7-21)17-31-12-14-32(15-13-31)29(36)22-8-9-22;1-19(32)30-13-11-29(12-14-30)16-20-5-7-21(8-6-20)18-36-27-4-2-3-23-24(27)17-31(28(23)35)25-10-9-22(33)15-26(25)34;28-27(29)10-12-30(13-11-27)15-18-4-6-19(7-5-18)17-35-25-3-1-2-21-22(25)16-31(26(21)34)23-9-8-20(32)14-24(23)33;28-20-10-12-29(13-11-20)15-18-4-6-19(7-5-18)17-34-26-3-1-2-22-23(26)16-30(27(22)33)24-9-8-21(31)14-25(24)32/h1-7,22,26H,8-19H2;2-8,25H,9-18H2,1H3;1-7,23H,8-17H2;1-7,20,24H,8-17H2. The van der Waals surface area contributed by atoms with Crippen LogP contribution in [0.2, 0.25) is 0 Å². The van der Waals surface area contributed by atoms with Crippen LogP contribution in [0.25, 0.3) is 0 Å². The SMILES string of the molecule is CC(=O)N1CCN(Cc2ccc(COc3cccc4c3CN(C3CCC(=O)CC3=O)C4=O)cc2)CC1.O=C1CCC(N2Cc3c(OCc4ccc(CN5CCC(F)(F)CC5)cc4)cccc3C2=O)C(=O)C1.O=C1CCC(N2Cc3c(OCc4ccc(CN5CCC(F)CC5)cc4)cccc3C2=O)C(=O)C1.O=C1CCC(N2Cc3c(OCc4ccc(CN5CCN(C(=O)C6CC6)CC5)cc4)cccc3C2=O)C(=O)C1. The molecule has 31 heteroatoms. The Morgan fingerprint density at radius 1 is 0.308 bits per heavy atom. The number of amides is 6. The molecule has 5 aliphatic carbocycles. The summed E-state index contributed by atoms with van der Waals surface area (Å²) in [6.45, 7) is 16.6. The zero-order valence-corrected chi connectivity index (χ0v) is 80.8. The number of hydrogen-bond donors (Lipinski definition) is 0. The number of likely N-dealkylation sites (tertiary alicyclic amines) is 2. The molecule has 5 saturated carbocycles. The number of carbonyl (C=O) groups is 14. The second kappa shape index (κ2) is 44.7. The van der Waals surface area contributed by atoms with Gasteiger partial charge in [-0.2, -0.15) is 0 Å². The Morgan fingerprint density at radius 2 is 0.559 bits per heavy atom. The van der Waals surface area contributed by atoms with Gasteiger partial charge in [-0.1, -0.05) is 121 Å². The molecule has 0 bridgehead atoms. The van der Waals surface area contributed by atoms with Gasteiger partial charge in [0.05, 0.1) is 76.0 Å². The van der Waals surface area contributed by atoms with Crippen LogP contribution in [0.5, 0.6) is 23.0 Å². The van der Waals surface area contributed by atoms with E-state index in [1.54, 1.807) is 69.0 Å². The number of nitrogens with zero attached hydrogens (tertiary/aromatic N) is 10. The normalized spacial score (nSPS) is 21.7. The number of fused-ring (bicyclic) bond motifs is 4. The molecular formula is C112H121F3N10O18. The Balaban J connectivity index is 0.000000126. The van der Waals surface area contributed by atoms with Crippen LogP contribution in [0.3, 0.4) is 0 Å². The van der Waals surface area contributed by atoms with Crippen LogP contribution in [-0.4, -0.2) is 246 Å². The lowest BCUT2D eigenvalue weighted by Crippen LogP contribution is -2.48. The molecule has 748 valence electrons. The van der Waals surface area contributed by atoms with Crippen molar-refractivity contribution in [2.24, 2.45) is 5.92 Å². The molecule has 13 aliphatic rings. The van der Waals surface area contributed by atoms with E-state index in [0.717, 1.165) is 148 Å². The predicted molar refractivity (Wildman–Crippen MR) is 520 cm³/mol. The molecule has 0 spiro atoms. The highest BCUT2D eigenvalue weighted by atomic mass is 19.3. The summed E-state index contributed by atoms with van der Waals surface area (Å²) >= 11 is 0. The first-order chi connectivity index (χ1) is 69.1. The van der Waals surface area contributed by atoms with E-state index in [1.807, 2.05) is 81.4 Å². The highest BCUT2D eigenvalue weighted by Crippen LogP contribution is 2.42. The van der Waals surface area contributed by atoms with Crippen molar-refractivity contribution in [1.29, 1.82) is 0 Å². The number of alkyl halides is 3. The zero-order chi connectivity index (χ0) is 99.7. The van der Waals surface area contributed by atoms with Crippen molar-refractivity contribution in [3.05, 3.63) is 259 Å². The van der Waals surface area contributed by atoms with E-state index in [4.69, 9.17) is 18.9 Å². The van der Waals surface area contributed by atoms with Crippen molar-refractivity contribution in [2.75, 3.05) is 78.5 Å². The smallest absolute Gasteiger partial charge is 0.255 e. The van der Waals surface area contributed by atoms with Crippen LogP contribution >= 0.6 is 0 Å². The average Bonchev–Trinajstić information content (AvgIpc) is 1.63. The van der Waals surface area contributed by atoms with Crippen molar-refractivity contribution in [2.45, 2.75) is 238 Å². The Bertz CT molecular complexity index is 6160. The molecule has 0 N–H and O–H groups in total. The molecular weight excluding hydrogens is 1830 g/mol. The number of ketones is 8. The van der Waals surface area contributed by atoms with Gasteiger partial charge >= 0.3 is 0 Å². The van der Waals surface area contributed by atoms with E-state index in [1.165, 1.54) is 16.7 Å². The van der Waals surface area contributed by atoms with Crippen LogP contribution < -0.4 is 18.9 Å². The Labute approximate surface area is 829 Å². The van der Waals surface area contributed by atoms with Gasteiger partial charge in [-0.3, -0.25) is 86.7 Å². The lowest BCUT2D eigenvalue weighted by atomic mass is 9.92. The van der Waals surface area contributed by atoms with Gasteiger partial charge in [-0.25, -0.2) is 13.2 Å². The van der Waals surface area contributed by atoms with Gasteiger partial charge in [-0.15, -0.1) is 0 Å². The minimum Gasteiger partial charge on any atom is -0.489 e. The maximum atomic E-state index is 13.4. The zero-order valence-electron chi connectivity index (χ0n) is 80.8. The Morgan fingerprint density at radius 3 is 0.818 bits per heavy atom. The van der Waals surface area contributed by atoms with Gasteiger partial charge < -0.3 is 48.3 Å². The van der Waals surface area contributed by atoms with Crippen LogP contribution in [0.15, 0.2) is 170 Å². The number of hydrogen-bond acceptors (Lipinski definition) is 22. The first-order valence-electron chi connectivity index (χ1n) is 50.3. The van der Waals surface area contributed by atoms with Crippen molar-refractivity contribution >= 4 is 81.7 Å². The molecule has 8 aliphatic heterocycles. The number of piperidine rings is 2. The second-order valence-corrected chi connectivity index (χ2v) is 40.0. The topological polar surface area (TPSA) is 308 Å². The minimum absolute atomic E-state index is 0.0478. The lowest BCUT2D eigenvalue weighted by molar-refractivity contribution is -0.135. The number of ether oxygens (including phenoxy) is 4. The highest BCUT2D eigenvalue weighted by molar-refractivity contribution is 6.11. The predicted octanol–water partition coefficient (Wildman–Crippen LogP) is 13.5. The molecule has 0 aromatic heterocycles. The van der Waals surface area contributed by atoms with Gasteiger partial charge in [0.15, 0.2) is 23.1 Å². The summed E-state index contributed by atoms with van der Waals surface area (Å²) in [4.78, 5) is 191. The number of carbonyl (C=O) groups excluding carboxylic acids is 14. The van der Waals surface area contributed by atoms with Crippen LogP contribution in [0, 0.1) is 5.92 Å². The summed E-state index contributed by atoms with van der Waals surface area (Å²) in [7, 11) is 0. The number of Topliss-reactive ketones (excluding diaryl/α,β-unsaturated/α-hetero) is 8. The molecule has 0 radical (unpaired) electrons. The third kappa shape index (κ3) is 24.3. The second-order valence-electron chi connectivity index (χ2n) is 40.0. The molecule has 28 nitrogen and oxygen atoms in total. The molecule has 8 aromatic rings. The number of rotatable bonds is 25. The fourth-order valence-corrected chi connectivity index (χ4v) is 21.3. The summed E-state index contributed by atoms with van der Waals surface area (Å²) in [6, 6.07) is 52.3. The third-order valence-corrected chi connectivity index (χ3v) is 29.9. The maximum absolute atomic E-state index is 13.4. The van der Waals surface area contributed by atoms with Gasteiger partial charge in [0.25, 0.3) is 29.6 Å². The Kier molecular flexibility index (Phi) is 31.3. The van der Waals surface area contributed by atoms with E-state index in [2.05, 4.69) is 75.4 Å². The molecule has 8 aromatic carbocycles. The number of piperazine rings is 2. The molecule has 4 saturated heterocycles. The molecule has 4 atom stereocenters. The average molecular weight is 1950 g/mol. The molecule has 4 unspecified atom stereocenters. The van der Waals surface area contributed by atoms with Crippen LogP contribution in [0.1, 0.15) is 231 Å². The summed E-state index contributed by atoms with van der Waals surface area (Å²) in [5, 5.41) is 0. The van der Waals surface area contributed by atoms with Gasteiger partial charge in [0.2, 0.25) is 11.8 Å². The van der Waals surface area contributed by atoms with E-state index >= 15 is 0 Å². The van der Waals surface area contributed by atoms with Gasteiger partial charge in [0.1, 0.15) is 78.7 Å². The number of halogens is 3. The van der Waals surface area contributed by atoms with E-state index in [0.29, 0.717) is 194 Å². The molecule has 8 heterocycles. The van der Waals surface area contributed by atoms with Crippen LogP contribution in [0.4, 0.5) is 13.2 Å². The highest BCUT2D eigenvalue weighted by Gasteiger charge is 2.46. The summed E-state index contributed by atoms with van der Waals surface area (Å²) < 4.78 is 64.5.